The molecule has 26 heavy (non-hydrogen) atoms. The highest BCUT2D eigenvalue weighted by molar-refractivity contribution is 6.00. The van der Waals surface area contributed by atoms with Crippen LogP contribution in [0.3, 0.4) is 0 Å². The number of hydrogen-bond donors (Lipinski definition) is 4. The number of nitrogens with two attached hydrogens (primary N) is 2. The van der Waals surface area contributed by atoms with Crippen LogP contribution in [0.5, 0.6) is 0 Å². The van der Waals surface area contributed by atoms with Crippen molar-refractivity contribution in [2.75, 3.05) is 6.54 Å². The first kappa shape index (κ1) is 20.1. The summed E-state index contributed by atoms with van der Waals surface area (Å²) in [6, 6.07) is 5.96. The number of hydrogen-bond acceptors (Lipinski definition) is 5. The molecule has 1 aliphatic rings. The van der Waals surface area contributed by atoms with E-state index in [0.29, 0.717) is 12.0 Å². The second kappa shape index (κ2) is 8.91. The molecule has 0 radical (unpaired) electrons. The molecule has 0 spiro atoms. The zero-order chi connectivity index (χ0) is 19.3. The van der Waals surface area contributed by atoms with Crippen LogP contribution in [0.15, 0.2) is 24.3 Å². The average Bonchev–Trinajstić information content (AvgIpc) is 3.13. The Bertz CT molecular complexity index is 650. The maximum Gasteiger partial charge on any atom is 0.246 e. The third kappa shape index (κ3) is 5.12. The number of nitrogens with zero attached hydrogens (tertiary/aromatic N) is 1. The highest BCUT2D eigenvalue weighted by Gasteiger charge is 2.33. The van der Waals surface area contributed by atoms with E-state index in [1.54, 1.807) is 24.3 Å². The van der Waals surface area contributed by atoms with Gasteiger partial charge < -0.3 is 16.8 Å². The van der Waals surface area contributed by atoms with E-state index in [0.717, 1.165) is 24.9 Å². The van der Waals surface area contributed by atoms with Crippen LogP contribution in [0.4, 0.5) is 0 Å². The number of amides is 2. The Morgan fingerprint density at radius 3 is 2.46 bits per heavy atom. The van der Waals surface area contributed by atoms with E-state index in [1.165, 1.54) is 4.90 Å². The van der Waals surface area contributed by atoms with Crippen molar-refractivity contribution in [3.8, 4) is 0 Å². The molecule has 1 heterocycles. The fraction of sp³-hybridized carbons (Fsp3) is 0.526. The van der Waals surface area contributed by atoms with E-state index in [9.17, 15) is 9.59 Å². The predicted octanol–water partition coefficient (Wildman–Crippen LogP) is 0.951. The molecular formula is C19H29N5O2. The van der Waals surface area contributed by atoms with Crippen molar-refractivity contribution in [3.05, 3.63) is 35.4 Å². The summed E-state index contributed by atoms with van der Waals surface area (Å²) in [7, 11) is 0. The van der Waals surface area contributed by atoms with Gasteiger partial charge >= 0.3 is 0 Å². The van der Waals surface area contributed by atoms with Gasteiger partial charge in [-0.2, -0.15) is 0 Å². The second-order valence-electron chi connectivity index (χ2n) is 7.26. The number of carbonyl (C=O) groups excluding carboxylic acids is 2. The number of benzene rings is 1. The summed E-state index contributed by atoms with van der Waals surface area (Å²) < 4.78 is 0. The summed E-state index contributed by atoms with van der Waals surface area (Å²) in [6.45, 7) is 4.94. The molecule has 142 valence electrons. The minimum Gasteiger partial charge on any atom is -0.384 e. The minimum atomic E-state index is -0.697. The Balaban J connectivity index is 2.20. The topological polar surface area (TPSA) is 125 Å². The van der Waals surface area contributed by atoms with E-state index in [2.05, 4.69) is 5.32 Å². The van der Waals surface area contributed by atoms with Crippen molar-refractivity contribution in [1.29, 1.82) is 5.41 Å². The lowest BCUT2D eigenvalue weighted by atomic mass is 10.0. The summed E-state index contributed by atoms with van der Waals surface area (Å²) in [5.74, 6) is -0.310. The number of nitrogen functional groups attached to an aromatic ring is 1. The smallest absolute Gasteiger partial charge is 0.246 e. The number of nitrogens with one attached hydrogen (secondary N) is 2. The first-order chi connectivity index (χ1) is 12.3. The SMILES string of the molecule is CC(C)C[C@@H](N)C(=O)N(Cc1ccc(C(=N)N)cc1)C(=O)[C@@H]1CCCN1. The van der Waals surface area contributed by atoms with Gasteiger partial charge in [0.2, 0.25) is 11.8 Å². The van der Waals surface area contributed by atoms with Gasteiger partial charge in [0.25, 0.3) is 0 Å². The van der Waals surface area contributed by atoms with Crippen LogP contribution in [-0.2, 0) is 16.1 Å². The predicted molar refractivity (Wildman–Crippen MR) is 101 cm³/mol. The van der Waals surface area contributed by atoms with E-state index >= 15 is 0 Å². The zero-order valence-corrected chi connectivity index (χ0v) is 15.5. The molecule has 6 N–H and O–H groups in total. The second-order valence-corrected chi connectivity index (χ2v) is 7.26. The first-order valence-corrected chi connectivity index (χ1v) is 9.07. The standard InChI is InChI=1S/C19H29N5O2/c1-12(2)10-15(20)18(25)24(19(26)16-4-3-9-23-16)11-13-5-7-14(8-6-13)17(21)22/h5-8,12,15-16,23H,3-4,9-11,20H2,1-2H3,(H3,21,22)/t15-,16+/m1/s1. The number of imide groups is 1. The fourth-order valence-electron chi connectivity index (χ4n) is 3.13. The first-order valence-electron chi connectivity index (χ1n) is 9.07. The third-order valence-electron chi connectivity index (χ3n) is 4.54. The quantitative estimate of drug-likeness (QED) is 0.426. The Hall–Kier alpha value is -2.25. The molecule has 2 amide bonds. The van der Waals surface area contributed by atoms with E-state index < -0.39 is 6.04 Å². The van der Waals surface area contributed by atoms with Gasteiger partial charge in [0.1, 0.15) is 5.84 Å². The monoisotopic (exact) mass is 359 g/mol. The van der Waals surface area contributed by atoms with Crippen LogP contribution < -0.4 is 16.8 Å². The number of amidine groups is 1. The van der Waals surface area contributed by atoms with E-state index in [1.807, 2.05) is 13.8 Å². The van der Waals surface area contributed by atoms with Gasteiger partial charge in [-0.25, -0.2) is 0 Å². The molecule has 1 aliphatic heterocycles. The van der Waals surface area contributed by atoms with Gasteiger partial charge in [-0.3, -0.25) is 19.9 Å². The van der Waals surface area contributed by atoms with Crippen molar-refractivity contribution in [2.45, 2.75) is 51.7 Å². The molecule has 7 heteroatoms. The molecule has 1 aromatic rings. The molecule has 7 nitrogen and oxygen atoms in total. The van der Waals surface area contributed by atoms with Crippen LogP contribution >= 0.6 is 0 Å². The highest BCUT2D eigenvalue weighted by Crippen LogP contribution is 2.15. The molecule has 2 atom stereocenters. The van der Waals surface area contributed by atoms with Gasteiger partial charge in [0.05, 0.1) is 18.6 Å². The van der Waals surface area contributed by atoms with Gasteiger partial charge in [-0.15, -0.1) is 0 Å². The summed E-state index contributed by atoms with van der Waals surface area (Å²) in [5.41, 5.74) is 12.9. The van der Waals surface area contributed by atoms with Crippen LogP contribution in [0.2, 0.25) is 0 Å². The van der Waals surface area contributed by atoms with Gasteiger partial charge in [-0.1, -0.05) is 38.1 Å². The lowest BCUT2D eigenvalue weighted by Gasteiger charge is -2.27. The van der Waals surface area contributed by atoms with Gasteiger partial charge in [0, 0.05) is 5.56 Å². The summed E-state index contributed by atoms with van der Waals surface area (Å²) >= 11 is 0. The number of carbonyl (C=O) groups is 2. The van der Waals surface area contributed by atoms with Crippen molar-refractivity contribution in [3.63, 3.8) is 0 Å². The van der Waals surface area contributed by atoms with Crippen molar-refractivity contribution < 1.29 is 9.59 Å². The molecule has 1 fully saturated rings. The Morgan fingerprint density at radius 1 is 1.31 bits per heavy atom. The lowest BCUT2D eigenvalue weighted by Crippen LogP contribution is -2.51. The Kier molecular flexibility index (Phi) is 6.88. The maximum atomic E-state index is 12.9. The molecule has 1 saturated heterocycles. The Labute approximate surface area is 154 Å². The molecule has 0 aromatic heterocycles. The lowest BCUT2D eigenvalue weighted by molar-refractivity contribution is -0.147. The molecule has 0 aliphatic carbocycles. The van der Waals surface area contributed by atoms with Gasteiger partial charge in [-0.05, 0) is 37.3 Å². The van der Waals surface area contributed by atoms with Crippen LogP contribution in [0.25, 0.3) is 0 Å². The number of rotatable bonds is 7. The highest BCUT2D eigenvalue weighted by atomic mass is 16.2. The van der Waals surface area contributed by atoms with Crippen molar-refractivity contribution in [2.24, 2.45) is 17.4 Å². The van der Waals surface area contributed by atoms with Crippen molar-refractivity contribution >= 4 is 17.6 Å². The molecule has 1 aromatic carbocycles. The minimum absolute atomic E-state index is 0.0188. The van der Waals surface area contributed by atoms with Crippen molar-refractivity contribution in [1.82, 2.24) is 10.2 Å². The normalized spacial score (nSPS) is 17.9. The molecular weight excluding hydrogens is 330 g/mol. The molecule has 0 bridgehead atoms. The van der Waals surface area contributed by atoms with Crippen LogP contribution in [0.1, 0.15) is 44.2 Å². The largest absolute Gasteiger partial charge is 0.384 e. The summed E-state index contributed by atoms with van der Waals surface area (Å²) in [6.07, 6.45) is 2.18. The van der Waals surface area contributed by atoms with E-state index in [-0.39, 0.29) is 36.2 Å². The average molecular weight is 359 g/mol. The molecule has 0 saturated carbocycles. The van der Waals surface area contributed by atoms with Crippen LogP contribution in [0, 0.1) is 11.3 Å². The molecule has 2 rings (SSSR count). The zero-order valence-electron chi connectivity index (χ0n) is 15.5. The Morgan fingerprint density at radius 2 is 1.96 bits per heavy atom. The summed E-state index contributed by atoms with van der Waals surface area (Å²) in [5, 5.41) is 10.6. The molecule has 0 unspecified atom stereocenters. The maximum absolute atomic E-state index is 12.9. The summed E-state index contributed by atoms with van der Waals surface area (Å²) in [4.78, 5) is 27.0. The van der Waals surface area contributed by atoms with E-state index in [4.69, 9.17) is 16.9 Å². The van der Waals surface area contributed by atoms with Crippen LogP contribution in [-0.4, -0.2) is 41.2 Å². The third-order valence-corrected chi connectivity index (χ3v) is 4.54. The van der Waals surface area contributed by atoms with Gasteiger partial charge in [0.15, 0.2) is 0 Å². The fourth-order valence-corrected chi connectivity index (χ4v) is 3.13.